The van der Waals surface area contributed by atoms with Gasteiger partial charge in [0.05, 0.1) is 0 Å². The van der Waals surface area contributed by atoms with Crippen molar-refractivity contribution >= 4 is 6.21 Å². The first-order chi connectivity index (χ1) is 6.38. The number of hydrogen-bond donors (Lipinski definition) is 1. The van der Waals surface area contributed by atoms with Gasteiger partial charge < -0.3 is 10.3 Å². The number of aliphatic imine (C=N–C) groups is 1. The average Bonchev–Trinajstić information content (AvgIpc) is 2.17. The van der Waals surface area contributed by atoms with Crippen molar-refractivity contribution < 1.29 is 0 Å². The Kier molecular flexibility index (Phi) is 5.06. The second-order valence-corrected chi connectivity index (χ2v) is 3.92. The Morgan fingerprint density at radius 2 is 2.15 bits per heavy atom. The van der Waals surface area contributed by atoms with Crippen molar-refractivity contribution in [2.45, 2.75) is 45.1 Å². The average molecular weight is 182 g/mol. The van der Waals surface area contributed by atoms with Crippen LogP contribution in [0.1, 0.15) is 39.0 Å². The minimum atomic E-state index is 0.685. The van der Waals surface area contributed by atoms with E-state index >= 15 is 0 Å². The van der Waals surface area contributed by atoms with Crippen LogP contribution in [-0.2, 0) is 0 Å². The number of hydrogen-bond acceptors (Lipinski definition) is 2. The Morgan fingerprint density at radius 1 is 1.38 bits per heavy atom. The molecule has 1 fully saturated rings. The number of nitrogens with zero attached hydrogens (tertiary/aromatic N) is 1. The molecule has 1 saturated carbocycles. The van der Waals surface area contributed by atoms with Crippen molar-refractivity contribution in [3.8, 4) is 0 Å². The fourth-order valence-corrected chi connectivity index (χ4v) is 2.11. The molecule has 0 amide bonds. The van der Waals surface area contributed by atoms with Gasteiger partial charge in [-0.25, -0.2) is 0 Å². The molecule has 0 heterocycles. The molecule has 76 valence electrons. The molecule has 2 nitrogen and oxygen atoms in total. The van der Waals surface area contributed by atoms with E-state index in [4.69, 9.17) is 0 Å². The summed E-state index contributed by atoms with van der Waals surface area (Å²) in [6.07, 6.45) is 8.77. The maximum absolute atomic E-state index is 4.15. The summed E-state index contributed by atoms with van der Waals surface area (Å²) in [6, 6.07) is 0.692. The first-order valence-electron chi connectivity index (χ1n) is 5.54. The van der Waals surface area contributed by atoms with Crippen LogP contribution in [0.5, 0.6) is 0 Å². The van der Waals surface area contributed by atoms with E-state index in [9.17, 15) is 0 Å². The van der Waals surface area contributed by atoms with Gasteiger partial charge in [0.25, 0.3) is 0 Å². The third kappa shape index (κ3) is 3.47. The van der Waals surface area contributed by atoms with Crippen LogP contribution in [0.15, 0.2) is 4.99 Å². The molecule has 0 spiro atoms. The standard InChI is InChI=1S/C11H22N2/c1-3-8-13-11-7-5-4-6-10(11)9-12-2/h9-11,13H,3-8H2,1-2H3/t10?,11-/m0/s1. The van der Waals surface area contributed by atoms with Gasteiger partial charge in [0.1, 0.15) is 0 Å². The number of nitrogens with one attached hydrogen (secondary N) is 1. The highest BCUT2D eigenvalue weighted by Gasteiger charge is 2.22. The van der Waals surface area contributed by atoms with Gasteiger partial charge in [-0.05, 0) is 25.8 Å². The predicted molar refractivity (Wildman–Crippen MR) is 58.5 cm³/mol. The second kappa shape index (κ2) is 6.14. The lowest BCUT2D eigenvalue weighted by Gasteiger charge is -2.29. The van der Waals surface area contributed by atoms with Gasteiger partial charge in [0, 0.05) is 25.2 Å². The molecule has 1 aliphatic carbocycles. The van der Waals surface area contributed by atoms with Crippen molar-refractivity contribution in [1.82, 2.24) is 5.32 Å². The molecule has 0 aliphatic heterocycles. The summed E-state index contributed by atoms with van der Waals surface area (Å²) in [5.41, 5.74) is 0. The molecule has 2 atom stereocenters. The Labute approximate surface area is 81.8 Å². The zero-order valence-electron chi connectivity index (χ0n) is 8.92. The van der Waals surface area contributed by atoms with E-state index in [2.05, 4.69) is 23.4 Å². The summed E-state index contributed by atoms with van der Waals surface area (Å²) in [7, 11) is 1.88. The lowest BCUT2D eigenvalue weighted by molar-refractivity contribution is 0.327. The summed E-state index contributed by atoms with van der Waals surface area (Å²) in [6.45, 7) is 3.37. The molecular formula is C11H22N2. The van der Waals surface area contributed by atoms with Crippen molar-refractivity contribution in [3.05, 3.63) is 0 Å². The topological polar surface area (TPSA) is 24.4 Å². The molecule has 1 unspecified atom stereocenters. The first kappa shape index (κ1) is 10.7. The van der Waals surface area contributed by atoms with Crippen molar-refractivity contribution in [2.75, 3.05) is 13.6 Å². The SMILES string of the molecule is CCCN[C@H]1CCCCC1C=NC. The van der Waals surface area contributed by atoms with Gasteiger partial charge in [-0.1, -0.05) is 19.8 Å². The highest BCUT2D eigenvalue weighted by molar-refractivity contribution is 5.61. The monoisotopic (exact) mass is 182 g/mol. The quantitative estimate of drug-likeness (QED) is 0.663. The van der Waals surface area contributed by atoms with E-state index < -0.39 is 0 Å². The van der Waals surface area contributed by atoms with Crippen LogP contribution in [0.3, 0.4) is 0 Å². The van der Waals surface area contributed by atoms with Crippen LogP contribution in [-0.4, -0.2) is 25.8 Å². The molecule has 1 aliphatic rings. The fourth-order valence-electron chi connectivity index (χ4n) is 2.11. The lowest BCUT2D eigenvalue weighted by Crippen LogP contribution is -2.39. The van der Waals surface area contributed by atoms with Gasteiger partial charge in [0.15, 0.2) is 0 Å². The molecule has 0 aromatic carbocycles. The van der Waals surface area contributed by atoms with E-state index in [1.807, 2.05) is 7.05 Å². The van der Waals surface area contributed by atoms with Gasteiger partial charge >= 0.3 is 0 Å². The Balaban J connectivity index is 2.36. The maximum atomic E-state index is 4.15. The van der Waals surface area contributed by atoms with E-state index in [1.54, 1.807) is 0 Å². The smallest absolute Gasteiger partial charge is 0.0273 e. The largest absolute Gasteiger partial charge is 0.313 e. The molecule has 1 rings (SSSR count). The maximum Gasteiger partial charge on any atom is 0.0273 e. The zero-order chi connectivity index (χ0) is 9.52. The summed E-state index contributed by atoms with van der Waals surface area (Å²) in [5, 5.41) is 3.61. The van der Waals surface area contributed by atoms with Crippen LogP contribution >= 0.6 is 0 Å². The molecule has 0 radical (unpaired) electrons. The van der Waals surface area contributed by atoms with Crippen LogP contribution < -0.4 is 5.32 Å². The normalized spacial score (nSPS) is 29.7. The highest BCUT2D eigenvalue weighted by Crippen LogP contribution is 2.22. The summed E-state index contributed by atoms with van der Waals surface area (Å²) in [5.74, 6) is 0.685. The summed E-state index contributed by atoms with van der Waals surface area (Å²) in [4.78, 5) is 4.15. The second-order valence-electron chi connectivity index (χ2n) is 3.92. The first-order valence-corrected chi connectivity index (χ1v) is 5.54. The van der Waals surface area contributed by atoms with Gasteiger partial charge in [-0.3, -0.25) is 0 Å². The third-order valence-electron chi connectivity index (χ3n) is 2.82. The van der Waals surface area contributed by atoms with Crippen LogP contribution in [0, 0.1) is 5.92 Å². The molecule has 0 aromatic rings. The van der Waals surface area contributed by atoms with E-state index in [0.717, 1.165) is 6.54 Å². The minimum Gasteiger partial charge on any atom is -0.313 e. The molecule has 13 heavy (non-hydrogen) atoms. The van der Waals surface area contributed by atoms with Crippen molar-refractivity contribution in [2.24, 2.45) is 10.9 Å². The molecule has 0 saturated heterocycles. The van der Waals surface area contributed by atoms with E-state index in [0.29, 0.717) is 12.0 Å². The molecule has 0 bridgehead atoms. The van der Waals surface area contributed by atoms with Gasteiger partial charge in [0.2, 0.25) is 0 Å². The highest BCUT2D eigenvalue weighted by atomic mass is 14.9. The molecular weight excluding hydrogens is 160 g/mol. The Morgan fingerprint density at radius 3 is 2.85 bits per heavy atom. The predicted octanol–water partition coefficient (Wildman–Crippen LogP) is 2.25. The molecule has 1 N–H and O–H groups in total. The summed E-state index contributed by atoms with van der Waals surface area (Å²) < 4.78 is 0. The molecule has 0 aromatic heterocycles. The Bertz CT molecular complexity index is 154. The van der Waals surface area contributed by atoms with Crippen LogP contribution in [0.2, 0.25) is 0 Å². The van der Waals surface area contributed by atoms with Crippen molar-refractivity contribution in [3.63, 3.8) is 0 Å². The fraction of sp³-hybridized carbons (Fsp3) is 0.909. The van der Waals surface area contributed by atoms with Gasteiger partial charge in [-0.15, -0.1) is 0 Å². The van der Waals surface area contributed by atoms with E-state index in [1.165, 1.54) is 32.1 Å². The number of rotatable bonds is 4. The zero-order valence-corrected chi connectivity index (χ0v) is 8.92. The van der Waals surface area contributed by atoms with Crippen LogP contribution in [0.4, 0.5) is 0 Å². The molecule has 2 heteroatoms. The minimum absolute atomic E-state index is 0.685. The van der Waals surface area contributed by atoms with Gasteiger partial charge in [-0.2, -0.15) is 0 Å². The van der Waals surface area contributed by atoms with Crippen LogP contribution in [0.25, 0.3) is 0 Å². The van der Waals surface area contributed by atoms with E-state index in [-0.39, 0.29) is 0 Å². The summed E-state index contributed by atoms with van der Waals surface area (Å²) >= 11 is 0. The van der Waals surface area contributed by atoms with Crippen molar-refractivity contribution in [1.29, 1.82) is 0 Å². The Hall–Kier alpha value is -0.370. The third-order valence-corrected chi connectivity index (χ3v) is 2.82. The lowest BCUT2D eigenvalue weighted by atomic mass is 9.85.